The summed E-state index contributed by atoms with van der Waals surface area (Å²) in [4.78, 5) is 14.3. The number of nitrogens with one attached hydrogen (secondary N) is 1. The van der Waals surface area contributed by atoms with E-state index in [0.29, 0.717) is 5.41 Å². The average molecular weight is 316 g/mol. The zero-order valence-electron chi connectivity index (χ0n) is 14.1. The molecule has 0 radical (unpaired) electrons. The molecule has 1 aliphatic carbocycles. The third-order valence-electron chi connectivity index (χ3n) is 5.13. The van der Waals surface area contributed by atoms with Gasteiger partial charge in [0.1, 0.15) is 11.9 Å². The predicted molar refractivity (Wildman–Crippen MR) is 91.6 cm³/mol. The van der Waals surface area contributed by atoms with Crippen molar-refractivity contribution in [3.8, 4) is 5.75 Å². The number of para-hydroxylation sites is 1. The average Bonchev–Trinajstić information content (AvgIpc) is 3.35. The van der Waals surface area contributed by atoms with Crippen molar-refractivity contribution >= 4 is 6.03 Å². The van der Waals surface area contributed by atoms with Crippen LogP contribution in [0.1, 0.15) is 45.4 Å². The van der Waals surface area contributed by atoms with E-state index in [1.807, 2.05) is 35.2 Å². The van der Waals surface area contributed by atoms with E-state index in [0.717, 1.165) is 38.2 Å². The van der Waals surface area contributed by atoms with Gasteiger partial charge in [0.05, 0.1) is 0 Å². The van der Waals surface area contributed by atoms with Crippen molar-refractivity contribution in [2.24, 2.45) is 5.41 Å². The largest absolute Gasteiger partial charge is 0.490 e. The molecule has 4 nitrogen and oxygen atoms in total. The van der Waals surface area contributed by atoms with Crippen molar-refractivity contribution < 1.29 is 9.53 Å². The highest BCUT2D eigenvalue weighted by atomic mass is 16.5. The minimum atomic E-state index is 0.102. The summed E-state index contributed by atoms with van der Waals surface area (Å²) in [7, 11) is 0. The number of nitrogens with zero attached hydrogens (tertiary/aromatic N) is 1. The number of carbonyl (C=O) groups is 1. The van der Waals surface area contributed by atoms with Gasteiger partial charge in [0.2, 0.25) is 0 Å². The number of piperidine rings is 1. The summed E-state index contributed by atoms with van der Waals surface area (Å²) in [5, 5.41) is 3.15. The highest BCUT2D eigenvalue weighted by Gasteiger charge is 2.41. The minimum absolute atomic E-state index is 0.102. The van der Waals surface area contributed by atoms with Crippen LogP contribution in [0.5, 0.6) is 5.75 Å². The topological polar surface area (TPSA) is 41.6 Å². The number of ether oxygens (including phenoxy) is 1. The van der Waals surface area contributed by atoms with Gasteiger partial charge in [-0.1, -0.05) is 31.5 Å². The smallest absolute Gasteiger partial charge is 0.317 e. The molecule has 1 aromatic rings. The molecule has 1 aliphatic heterocycles. The maximum absolute atomic E-state index is 12.3. The highest BCUT2D eigenvalue weighted by Crippen LogP contribution is 2.48. The first-order valence-electron chi connectivity index (χ1n) is 8.95. The molecule has 1 aromatic carbocycles. The quantitative estimate of drug-likeness (QED) is 0.867. The van der Waals surface area contributed by atoms with E-state index in [-0.39, 0.29) is 12.1 Å². The number of hydrogen-bond acceptors (Lipinski definition) is 2. The Labute approximate surface area is 139 Å². The Balaban J connectivity index is 1.39. The van der Waals surface area contributed by atoms with E-state index in [4.69, 9.17) is 4.74 Å². The Kier molecular flexibility index (Phi) is 5.09. The van der Waals surface area contributed by atoms with Gasteiger partial charge < -0.3 is 15.0 Å². The Bertz CT molecular complexity index is 505. The molecule has 126 valence electrons. The van der Waals surface area contributed by atoms with Crippen LogP contribution in [0.4, 0.5) is 4.79 Å². The molecule has 0 atom stereocenters. The second-order valence-electron chi connectivity index (χ2n) is 7.03. The summed E-state index contributed by atoms with van der Waals surface area (Å²) in [6.45, 7) is 4.63. The Hall–Kier alpha value is -1.71. The van der Waals surface area contributed by atoms with Crippen molar-refractivity contribution in [2.45, 2.75) is 51.6 Å². The second kappa shape index (κ2) is 7.24. The van der Waals surface area contributed by atoms with Gasteiger partial charge in [-0.3, -0.25) is 0 Å². The SMILES string of the molecule is CCCC1(CNC(=O)N2CCC(Oc3ccccc3)CC2)CC1. The lowest BCUT2D eigenvalue weighted by Crippen LogP contribution is -2.47. The fourth-order valence-corrected chi connectivity index (χ4v) is 3.47. The first-order chi connectivity index (χ1) is 11.2. The molecule has 1 saturated heterocycles. The summed E-state index contributed by atoms with van der Waals surface area (Å²) >= 11 is 0. The van der Waals surface area contributed by atoms with Crippen LogP contribution in [-0.2, 0) is 0 Å². The van der Waals surface area contributed by atoms with E-state index in [1.54, 1.807) is 0 Å². The van der Waals surface area contributed by atoms with Crippen molar-refractivity contribution in [1.82, 2.24) is 10.2 Å². The molecule has 0 spiro atoms. The Morgan fingerprint density at radius 3 is 2.57 bits per heavy atom. The van der Waals surface area contributed by atoms with Crippen LogP contribution in [0.25, 0.3) is 0 Å². The van der Waals surface area contributed by atoms with E-state index >= 15 is 0 Å². The molecule has 2 fully saturated rings. The van der Waals surface area contributed by atoms with Gasteiger partial charge in [-0.2, -0.15) is 0 Å². The molecule has 1 heterocycles. The fourth-order valence-electron chi connectivity index (χ4n) is 3.47. The van der Waals surface area contributed by atoms with Gasteiger partial charge in [-0.15, -0.1) is 0 Å². The van der Waals surface area contributed by atoms with Gasteiger partial charge in [0.25, 0.3) is 0 Å². The lowest BCUT2D eigenvalue weighted by molar-refractivity contribution is 0.110. The molecule has 2 aliphatic rings. The number of urea groups is 1. The normalized spacial score (nSPS) is 20.1. The van der Waals surface area contributed by atoms with Gasteiger partial charge in [0, 0.05) is 32.5 Å². The maximum Gasteiger partial charge on any atom is 0.317 e. The lowest BCUT2D eigenvalue weighted by Gasteiger charge is -2.32. The first-order valence-corrected chi connectivity index (χ1v) is 8.95. The third-order valence-corrected chi connectivity index (χ3v) is 5.13. The molecular weight excluding hydrogens is 288 g/mol. The van der Waals surface area contributed by atoms with Crippen molar-refractivity contribution in [3.63, 3.8) is 0 Å². The first kappa shape index (κ1) is 16.2. The van der Waals surface area contributed by atoms with Crippen LogP contribution in [0, 0.1) is 5.41 Å². The Morgan fingerprint density at radius 2 is 1.96 bits per heavy atom. The molecule has 0 bridgehead atoms. The molecule has 3 rings (SSSR count). The number of rotatable bonds is 6. The summed E-state index contributed by atoms with van der Waals surface area (Å²) in [5.74, 6) is 0.922. The van der Waals surface area contributed by atoms with Gasteiger partial charge in [0.15, 0.2) is 0 Å². The van der Waals surface area contributed by atoms with E-state index < -0.39 is 0 Å². The zero-order valence-corrected chi connectivity index (χ0v) is 14.1. The standard InChI is InChI=1S/C19H28N2O2/c1-2-10-19(11-12-19)15-20-18(22)21-13-8-17(9-14-21)23-16-6-4-3-5-7-16/h3-7,17H,2,8-15H2,1H3,(H,20,22). The van der Waals surface area contributed by atoms with Gasteiger partial charge in [-0.25, -0.2) is 4.79 Å². The number of amides is 2. The monoisotopic (exact) mass is 316 g/mol. The molecular formula is C19H28N2O2. The van der Waals surface area contributed by atoms with Crippen LogP contribution in [-0.4, -0.2) is 36.7 Å². The minimum Gasteiger partial charge on any atom is -0.490 e. The second-order valence-corrected chi connectivity index (χ2v) is 7.03. The summed E-state index contributed by atoms with van der Waals surface area (Å²) in [6, 6.07) is 10.0. The highest BCUT2D eigenvalue weighted by molar-refractivity contribution is 5.74. The maximum atomic E-state index is 12.3. The molecule has 0 aromatic heterocycles. The van der Waals surface area contributed by atoms with Gasteiger partial charge in [-0.05, 0) is 36.8 Å². The van der Waals surface area contributed by atoms with Crippen LogP contribution < -0.4 is 10.1 Å². The van der Waals surface area contributed by atoms with E-state index in [9.17, 15) is 4.79 Å². The molecule has 1 saturated carbocycles. The summed E-state index contributed by atoms with van der Waals surface area (Å²) < 4.78 is 5.98. The molecule has 0 unspecified atom stereocenters. The molecule has 1 N–H and O–H groups in total. The zero-order chi connectivity index (χ0) is 16.1. The number of hydrogen-bond donors (Lipinski definition) is 1. The van der Waals surface area contributed by atoms with Crippen LogP contribution in [0.3, 0.4) is 0 Å². The van der Waals surface area contributed by atoms with Crippen molar-refractivity contribution in [3.05, 3.63) is 30.3 Å². The molecule has 23 heavy (non-hydrogen) atoms. The van der Waals surface area contributed by atoms with Gasteiger partial charge >= 0.3 is 6.03 Å². The van der Waals surface area contributed by atoms with Crippen LogP contribution in [0.2, 0.25) is 0 Å². The third kappa shape index (κ3) is 4.40. The van der Waals surface area contributed by atoms with Crippen LogP contribution >= 0.6 is 0 Å². The van der Waals surface area contributed by atoms with E-state index in [2.05, 4.69) is 12.2 Å². The van der Waals surface area contributed by atoms with Crippen molar-refractivity contribution in [1.29, 1.82) is 0 Å². The van der Waals surface area contributed by atoms with Crippen LogP contribution in [0.15, 0.2) is 30.3 Å². The molecule has 4 heteroatoms. The number of carbonyl (C=O) groups excluding carboxylic acids is 1. The molecule has 2 amide bonds. The summed E-state index contributed by atoms with van der Waals surface area (Å²) in [5.41, 5.74) is 0.416. The van der Waals surface area contributed by atoms with E-state index in [1.165, 1.54) is 25.7 Å². The lowest BCUT2D eigenvalue weighted by atomic mass is 10.0. The fraction of sp³-hybridized carbons (Fsp3) is 0.632. The Morgan fingerprint density at radius 1 is 1.26 bits per heavy atom. The number of likely N-dealkylation sites (tertiary alicyclic amines) is 1. The van der Waals surface area contributed by atoms with Crippen molar-refractivity contribution in [2.75, 3.05) is 19.6 Å². The number of benzene rings is 1. The predicted octanol–water partition coefficient (Wildman–Crippen LogP) is 3.82. The summed E-state index contributed by atoms with van der Waals surface area (Å²) in [6.07, 6.45) is 7.02.